The molecule has 1 aliphatic rings. The number of fused-ring (bicyclic) bond motifs is 3. The number of rotatable bonds is 6. The first-order valence-corrected chi connectivity index (χ1v) is 21.1. The van der Waals surface area contributed by atoms with Gasteiger partial charge in [-0.05, 0) is 98.7 Å². The summed E-state index contributed by atoms with van der Waals surface area (Å²) in [6.45, 7) is 28.2. The summed E-state index contributed by atoms with van der Waals surface area (Å²) in [6, 6.07) is 43.9. The van der Waals surface area contributed by atoms with E-state index in [1.807, 2.05) is 6.20 Å². The highest BCUT2D eigenvalue weighted by Gasteiger charge is 2.33. The molecule has 302 valence electrons. The number of benzene rings is 5. The summed E-state index contributed by atoms with van der Waals surface area (Å²) in [5.41, 5.74) is 11.8. The van der Waals surface area contributed by atoms with Crippen LogP contribution in [-0.2, 0) is 16.2 Å². The summed E-state index contributed by atoms with van der Waals surface area (Å²) in [5, 5.41) is 2.35. The van der Waals surface area contributed by atoms with Gasteiger partial charge in [-0.3, -0.25) is 4.57 Å². The van der Waals surface area contributed by atoms with E-state index in [0.717, 1.165) is 50.6 Å². The molecule has 0 radical (unpaired) electrons. The molecule has 5 heteroatoms. The quantitative estimate of drug-likeness (QED) is 0.168. The van der Waals surface area contributed by atoms with E-state index in [9.17, 15) is 0 Å². The van der Waals surface area contributed by atoms with E-state index >= 15 is 0 Å². The van der Waals surface area contributed by atoms with Crippen LogP contribution in [0.1, 0.15) is 99.8 Å². The van der Waals surface area contributed by atoms with Gasteiger partial charge < -0.3 is 14.5 Å². The van der Waals surface area contributed by atoms with Gasteiger partial charge in [0.25, 0.3) is 0 Å². The van der Waals surface area contributed by atoms with E-state index in [-0.39, 0.29) is 21.7 Å². The molecule has 0 unspecified atom stereocenters. The first kappa shape index (κ1) is 40.0. The minimum Gasteiger partial charge on any atom is -0.457 e. The molecule has 0 spiro atoms. The third-order valence-corrected chi connectivity index (χ3v) is 11.6. The highest BCUT2D eigenvalue weighted by Crippen LogP contribution is 2.43. The second-order valence-corrected chi connectivity index (χ2v) is 20.4. The molecule has 0 amide bonds. The lowest BCUT2D eigenvalue weighted by Gasteiger charge is -2.32. The Hall–Kier alpha value is -5.81. The fraction of sp³-hybridized carbons (Fsp3) is 0.315. The number of aromatic nitrogens is 2. The topological polar surface area (TPSA) is 33.5 Å². The van der Waals surface area contributed by atoms with Crippen molar-refractivity contribution in [1.29, 1.82) is 0 Å². The molecule has 2 aromatic heterocycles. The van der Waals surface area contributed by atoms with E-state index in [2.05, 4.69) is 225 Å². The van der Waals surface area contributed by atoms with Crippen molar-refractivity contribution in [1.82, 2.24) is 9.55 Å². The highest BCUT2D eigenvalue weighted by atomic mass is 16.5. The van der Waals surface area contributed by atoms with Crippen LogP contribution in [0.2, 0.25) is 0 Å². The van der Waals surface area contributed by atoms with Gasteiger partial charge in [0.15, 0.2) is 0 Å². The molecular formula is C54H60N4O. The van der Waals surface area contributed by atoms with Crippen LogP contribution in [0.3, 0.4) is 0 Å². The Labute approximate surface area is 352 Å². The predicted molar refractivity (Wildman–Crippen MR) is 250 cm³/mol. The number of allylic oxidation sites excluding steroid dienone is 1. The molecule has 0 fully saturated rings. The van der Waals surface area contributed by atoms with E-state index in [1.165, 1.54) is 33.5 Å². The maximum Gasteiger partial charge on any atom is 0.137 e. The number of hydrogen-bond donors (Lipinski definition) is 0. The van der Waals surface area contributed by atoms with Crippen LogP contribution in [0.4, 0.5) is 11.4 Å². The van der Waals surface area contributed by atoms with Crippen LogP contribution in [0.25, 0.3) is 38.8 Å². The molecule has 8 rings (SSSR count). The largest absolute Gasteiger partial charge is 0.457 e. The fourth-order valence-corrected chi connectivity index (χ4v) is 8.10. The average Bonchev–Trinajstić information content (AvgIpc) is 3.78. The number of pyridine rings is 1. The third kappa shape index (κ3) is 8.00. The molecule has 0 aliphatic carbocycles. The zero-order valence-electron chi connectivity index (χ0n) is 37.1. The summed E-state index contributed by atoms with van der Waals surface area (Å²) in [5.74, 6) is 2.46. The Morgan fingerprint density at radius 2 is 1.14 bits per heavy atom. The average molecular weight is 781 g/mol. The third-order valence-electron chi connectivity index (χ3n) is 11.6. The lowest BCUT2D eigenvalue weighted by Crippen LogP contribution is -2.31. The number of nitrogens with zero attached hydrogens (tertiary/aromatic N) is 4. The first-order chi connectivity index (χ1) is 27.7. The van der Waals surface area contributed by atoms with Crippen LogP contribution < -0.4 is 14.5 Å². The van der Waals surface area contributed by atoms with Crippen LogP contribution in [0.15, 0.2) is 139 Å². The predicted octanol–water partition coefficient (Wildman–Crippen LogP) is 14.7. The second kappa shape index (κ2) is 14.5. The van der Waals surface area contributed by atoms with Crippen molar-refractivity contribution in [2.75, 3.05) is 16.5 Å². The van der Waals surface area contributed by atoms with Crippen molar-refractivity contribution in [2.45, 2.75) is 99.3 Å². The van der Waals surface area contributed by atoms with Crippen LogP contribution in [-0.4, -0.2) is 16.2 Å². The van der Waals surface area contributed by atoms with Crippen molar-refractivity contribution >= 4 is 33.2 Å². The minimum absolute atomic E-state index is 0.00750. The van der Waals surface area contributed by atoms with Gasteiger partial charge >= 0.3 is 0 Å². The minimum atomic E-state index is -0.121. The van der Waals surface area contributed by atoms with E-state index < -0.39 is 0 Å². The Kier molecular flexibility index (Phi) is 9.81. The molecule has 0 saturated carbocycles. The van der Waals surface area contributed by atoms with Crippen molar-refractivity contribution in [2.24, 2.45) is 5.41 Å². The van der Waals surface area contributed by atoms with E-state index in [1.54, 1.807) is 0 Å². The summed E-state index contributed by atoms with van der Waals surface area (Å²) in [7, 11) is 0. The molecule has 5 aromatic carbocycles. The Morgan fingerprint density at radius 3 is 1.80 bits per heavy atom. The summed E-state index contributed by atoms with van der Waals surface area (Å²) >= 11 is 0. The molecule has 0 saturated heterocycles. The molecule has 0 N–H and O–H groups in total. The normalized spacial score (nSPS) is 14.1. The van der Waals surface area contributed by atoms with Crippen molar-refractivity contribution in [3.05, 3.63) is 156 Å². The first-order valence-electron chi connectivity index (χ1n) is 21.1. The van der Waals surface area contributed by atoms with E-state index in [4.69, 9.17) is 9.72 Å². The fourth-order valence-electron chi connectivity index (χ4n) is 8.10. The summed E-state index contributed by atoms with van der Waals surface area (Å²) < 4.78 is 9.23. The molecule has 1 aliphatic heterocycles. The number of anilines is 2. The van der Waals surface area contributed by atoms with Gasteiger partial charge in [-0.15, -0.1) is 0 Å². The highest BCUT2D eigenvalue weighted by molar-refractivity contribution is 6.09. The number of ether oxygens (including phenoxy) is 1. The molecule has 0 atom stereocenters. The maximum absolute atomic E-state index is 6.96. The second-order valence-electron chi connectivity index (χ2n) is 20.4. The van der Waals surface area contributed by atoms with Crippen molar-refractivity contribution < 1.29 is 4.74 Å². The number of hydrogen-bond acceptors (Lipinski definition) is 4. The summed E-state index contributed by atoms with van der Waals surface area (Å²) in [4.78, 5) is 9.80. The molecular weight excluding hydrogens is 721 g/mol. The zero-order chi connectivity index (χ0) is 42.1. The van der Waals surface area contributed by atoms with E-state index in [0.29, 0.717) is 6.67 Å². The summed E-state index contributed by atoms with van der Waals surface area (Å²) in [6.07, 6.45) is 4.29. The number of para-hydroxylation sites is 1. The van der Waals surface area contributed by atoms with Crippen LogP contribution >= 0.6 is 0 Å². The zero-order valence-corrected chi connectivity index (χ0v) is 37.1. The molecule has 7 aromatic rings. The molecule has 0 bridgehead atoms. The standard InChI is InChI=1S/C54H60N4O/c1-51(2,3)38-24-25-55-50(31-38)58-47-21-17-16-20-45(47)46-23-22-43(33-48(46)58)59-44-27-37(36-18-14-13-15-19-36)26-42(32-44)57-35-56(34-49(57)54(10,11)12)41-29-39(52(4,5)6)28-40(30-41)53(7,8)9/h13-34H,35H2,1-12H3. The van der Waals surface area contributed by atoms with Gasteiger partial charge in [-0.2, -0.15) is 0 Å². The van der Waals surface area contributed by atoms with Gasteiger partial charge in [-0.1, -0.05) is 138 Å². The Balaban J connectivity index is 1.24. The molecule has 3 heterocycles. The lowest BCUT2D eigenvalue weighted by atomic mass is 9.80. The molecule has 59 heavy (non-hydrogen) atoms. The van der Waals surface area contributed by atoms with Crippen LogP contribution in [0.5, 0.6) is 11.5 Å². The Bertz CT molecular complexity index is 2680. The monoisotopic (exact) mass is 780 g/mol. The van der Waals surface area contributed by atoms with Crippen molar-refractivity contribution in [3.8, 4) is 28.4 Å². The van der Waals surface area contributed by atoms with Crippen LogP contribution in [0, 0.1) is 5.41 Å². The maximum atomic E-state index is 6.96. The SMILES string of the molecule is CC(C)(C)C1=CN(c2cc(C(C)(C)C)cc(C(C)(C)C)c2)CN1c1cc(Oc2ccc3c4ccccc4n(-c4cc(C(C)(C)C)ccn4)c3c2)cc(-c2ccccc2)c1. The van der Waals surface area contributed by atoms with Gasteiger partial charge in [0.2, 0.25) is 0 Å². The Morgan fingerprint density at radius 1 is 0.492 bits per heavy atom. The smallest absolute Gasteiger partial charge is 0.137 e. The lowest BCUT2D eigenvalue weighted by molar-refractivity contribution is 0.481. The molecule has 5 nitrogen and oxygen atoms in total. The van der Waals surface area contributed by atoms with Gasteiger partial charge in [0, 0.05) is 57.8 Å². The van der Waals surface area contributed by atoms with Gasteiger partial charge in [0.05, 0.1) is 17.7 Å². The van der Waals surface area contributed by atoms with Crippen molar-refractivity contribution in [3.63, 3.8) is 0 Å². The van der Waals surface area contributed by atoms with Gasteiger partial charge in [0.1, 0.15) is 17.3 Å². The van der Waals surface area contributed by atoms with Gasteiger partial charge in [-0.25, -0.2) is 4.98 Å².